The Balaban J connectivity index is 1.86. The molecule has 96 valence electrons. The number of carbonyl (C=O) groups is 1. The average Bonchev–Trinajstić information content (AvgIpc) is 2.64. The van der Waals surface area contributed by atoms with Crippen molar-refractivity contribution in [1.29, 1.82) is 5.26 Å². The van der Waals surface area contributed by atoms with Crippen LogP contribution in [0.3, 0.4) is 0 Å². The zero-order valence-electron chi connectivity index (χ0n) is 10.4. The van der Waals surface area contributed by atoms with Crippen LogP contribution in [0.25, 0.3) is 0 Å². The van der Waals surface area contributed by atoms with Crippen molar-refractivity contribution < 1.29 is 4.79 Å². The van der Waals surface area contributed by atoms with Crippen molar-refractivity contribution in [2.45, 2.75) is 51.1 Å². The first-order chi connectivity index (χ1) is 8.79. The van der Waals surface area contributed by atoms with Crippen LogP contribution in [0.4, 0.5) is 0 Å². The summed E-state index contributed by atoms with van der Waals surface area (Å²) in [6, 6.07) is 2.27. The zero-order valence-corrected chi connectivity index (χ0v) is 10.4. The van der Waals surface area contributed by atoms with Crippen molar-refractivity contribution in [1.82, 2.24) is 14.9 Å². The van der Waals surface area contributed by atoms with Crippen LogP contribution >= 0.6 is 0 Å². The first-order valence-electron chi connectivity index (χ1n) is 6.50. The molecule has 1 aliphatic rings. The van der Waals surface area contributed by atoms with E-state index in [9.17, 15) is 4.79 Å². The lowest BCUT2D eigenvalue weighted by atomic mass is 10.1. The number of nitrogens with one attached hydrogen (secondary N) is 1. The van der Waals surface area contributed by atoms with Crippen molar-refractivity contribution in [3.8, 4) is 6.07 Å². The van der Waals surface area contributed by atoms with E-state index in [4.69, 9.17) is 5.26 Å². The second kappa shape index (κ2) is 6.20. The van der Waals surface area contributed by atoms with E-state index in [1.807, 2.05) is 6.07 Å². The summed E-state index contributed by atoms with van der Waals surface area (Å²) in [6.45, 7) is 0.180. The van der Waals surface area contributed by atoms with E-state index in [0.29, 0.717) is 6.04 Å². The second-order valence-corrected chi connectivity index (χ2v) is 4.75. The molecule has 1 fully saturated rings. The fourth-order valence-corrected chi connectivity index (χ4v) is 2.40. The summed E-state index contributed by atoms with van der Waals surface area (Å²) in [5.41, 5.74) is 0. The Bertz CT molecular complexity index is 438. The molecule has 2 rings (SSSR count). The van der Waals surface area contributed by atoms with Gasteiger partial charge < -0.3 is 9.88 Å². The molecule has 1 aromatic rings. The van der Waals surface area contributed by atoms with Gasteiger partial charge in [0.2, 0.25) is 11.7 Å². The fraction of sp³-hybridized carbons (Fsp3) is 0.615. The van der Waals surface area contributed by atoms with Crippen molar-refractivity contribution in [3.05, 3.63) is 18.2 Å². The molecule has 18 heavy (non-hydrogen) atoms. The van der Waals surface area contributed by atoms with Crippen molar-refractivity contribution >= 4 is 5.91 Å². The number of nitriles is 1. The van der Waals surface area contributed by atoms with Gasteiger partial charge in [-0.3, -0.25) is 4.79 Å². The Morgan fingerprint density at radius 3 is 2.83 bits per heavy atom. The van der Waals surface area contributed by atoms with Crippen molar-refractivity contribution in [2.24, 2.45) is 0 Å². The van der Waals surface area contributed by atoms with Gasteiger partial charge in [-0.1, -0.05) is 25.7 Å². The van der Waals surface area contributed by atoms with E-state index < -0.39 is 0 Å². The average molecular weight is 246 g/mol. The van der Waals surface area contributed by atoms with E-state index in [-0.39, 0.29) is 18.3 Å². The molecule has 0 unspecified atom stereocenters. The molecule has 1 saturated carbocycles. The van der Waals surface area contributed by atoms with Gasteiger partial charge in [-0.15, -0.1) is 0 Å². The molecule has 0 spiro atoms. The molecule has 0 aliphatic heterocycles. The molecule has 0 saturated heterocycles. The van der Waals surface area contributed by atoms with Crippen molar-refractivity contribution in [2.75, 3.05) is 0 Å². The number of nitrogens with zero attached hydrogens (tertiary/aromatic N) is 3. The zero-order chi connectivity index (χ0) is 12.8. The molecule has 5 nitrogen and oxygen atoms in total. The molecule has 1 aromatic heterocycles. The first-order valence-corrected chi connectivity index (χ1v) is 6.50. The predicted molar refractivity (Wildman–Crippen MR) is 66.6 cm³/mol. The molecule has 0 radical (unpaired) electrons. The quantitative estimate of drug-likeness (QED) is 0.823. The van der Waals surface area contributed by atoms with E-state index >= 15 is 0 Å². The third-order valence-corrected chi connectivity index (χ3v) is 3.35. The van der Waals surface area contributed by atoms with Crippen LogP contribution in [0.5, 0.6) is 0 Å². The highest BCUT2D eigenvalue weighted by Crippen LogP contribution is 2.17. The fourth-order valence-electron chi connectivity index (χ4n) is 2.40. The monoisotopic (exact) mass is 246 g/mol. The maximum absolute atomic E-state index is 11.9. The van der Waals surface area contributed by atoms with Crippen LogP contribution in [0.1, 0.15) is 44.3 Å². The number of rotatable bonds is 3. The summed E-state index contributed by atoms with van der Waals surface area (Å²) in [5, 5.41) is 11.9. The highest BCUT2D eigenvalue weighted by molar-refractivity contribution is 5.76. The Morgan fingerprint density at radius 1 is 1.44 bits per heavy atom. The summed E-state index contributed by atoms with van der Waals surface area (Å²) in [6.07, 6.45) is 10.3. The molecule has 5 heteroatoms. The minimum atomic E-state index is -0.0311. The van der Waals surface area contributed by atoms with Gasteiger partial charge >= 0.3 is 0 Å². The Labute approximate surface area is 107 Å². The smallest absolute Gasteiger partial charge is 0.240 e. The Morgan fingerprint density at radius 2 is 2.17 bits per heavy atom. The third kappa shape index (κ3) is 3.33. The van der Waals surface area contributed by atoms with Gasteiger partial charge in [0.1, 0.15) is 12.6 Å². The van der Waals surface area contributed by atoms with Crippen LogP contribution in [0.15, 0.2) is 12.4 Å². The molecule has 0 bridgehead atoms. The molecule has 1 amide bonds. The van der Waals surface area contributed by atoms with E-state index in [1.165, 1.54) is 31.9 Å². The summed E-state index contributed by atoms with van der Waals surface area (Å²) >= 11 is 0. The molecule has 0 aromatic carbocycles. The van der Waals surface area contributed by atoms with Gasteiger partial charge in [-0.05, 0) is 12.8 Å². The Kier molecular flexibility index (Phi) is 4.35. The Hall–Kier alpha value is -1.83. The van der Waals surface area contributed by atoms with Crippen molar-refractivity contribution in [3.63, 3.8) is 0 Å². The molecule has 0 atom stereocenters. The summed E-state index contributed by atoms with van der Waals surface area (Å²) in [4.78, 5) is 15.8. The van der Waals surface area contributed by atoms with Crippen LogP contribution in [0.2, 0.25) is 0 Å². The number of amides is 1. The van der Waals surface area contributed by atoms with Crippen LogP contribution < -0.4 is 5.32 Å². The van der Waals surface area contributed by atoms with Gasteiger partial charge in [-0.2, -0.15) is 5.26 Å². The van der Waals surface area contributed by atoms with E-state index in [2.05, 4.69) is 10.3 Å². The SMILES string of the molecule is N#Cc1nccn1CC(=O)NC1CCCCCC1. The second-order valence-electron chi connectivity index (χ2n) is 4.75. The lowest BCUT2D eigenvalue weighted by Gasteiger charge is -2.16. The molecular weight excluding hydrogens is 228 g/mol. The number of carbonyl (C=O) groups excluding carboxylic acids is 1. The van der Waals surface area contributed by atoms with Crippen LogP contribution in [-0.4, -0.2) is 21.5 Å². The molecule has 1 N–H and O–H groups in total. The van der Waals surface area contributed by atoms with E-state index in [0.717, 1.165) is 12.8 Å². The molecule has 1 heterocycles. The maximum Gasteiger partial charge on any atom is 0.240 e. The van der Waals surface area contributed by atoms with E-state index in [1.54, 1.807) is 10.8 Å². The van der Waals surface area contributed by atoms with Crippen LogP contribution in [-0.2, 0) is 11.3 Å². The number of hydrogen-bond donors (Lipinski definition) is 1. The lowest BCUT2D eigenvalue weighted by Crippen LogP contribution is -2.36. The van der Waals surface area contributed by atoms with Gasteiger partial charge in [0.15, 0.2) is 0 Å². The van der Waals surface area contributed by atoms with Crippen LogP contribution in [0, 0.1) is 11.3 Å². The summed E-state index contributed by atoms with van der Waals surface area (Å²) in [5.74, 6) is 0.252. The molecular formula is C13H18N4O. The topological polar surface area (TPSA) is 70.7 Å². The molecule has 1 aliphatic carbocycles. The highest BCUT2D eigenvalue weighted by atomic mass is 16.2. The number of hydrogen-bond acceptors (Lipinski definition) is 3. The highest BCUT2D eigenvalue weighted by Gasteiger charge is 2.15. The van der Waals surface area contributed by atoms with Gasteiger partial charge in [0.25, 0.3) is 0 Å². The standard InChI is InChI=1S/C13H18N4O/c14-9-12-15-7-8-17(12)10-13(18)16-11-5-3-1-2-4-6-11/h7-8,11H,1-6,10H2,(H,16,18). The summed E-state index contributed by atoms with van der Waals surface area (Å²) in [7, 11) is 0. The van der Waals surface area contributed by atoms with Gasteiger partial charge in [0.05, 0.1) is 0 Å². The first kappa shape index (κ1) is 12.6. The number of aromatic nitrogens is 2. The van der Waals surface area contributed by atoms with Gasteiger partial charge in [-0.25, -0.2) is 4.98 Å². The number of imidazole rings is 1. The minimum Gasteiger partial charge on any atom is -0.352 e. The minimum absolute atomic E-state index is 0.0311. The third-order valence-electron chi connectivity index (χ3n) is 3.35. The lowest BCUT2D eigenvalue weighted by molar-refractivity contribution is -0.122. The normalized spacial score (nSPS) is 16.8. The predicted octanol–water partition coefficient (Wildman–Crippen LogP) is 1.59. The summed E-state index contributed by atoms with van der Waals surface area (Å²) < 4.78 is 1.58. The largest absolute Gasteiger partial charge is 0.352 e. The maximum atomic E-state index is 11.9. The van der Waals surface area contributed by atoms with Gasteiger partial charge in [0, 0.05) is 18.4 Å².